The first-order valence-corrected chi connectivity index (χ1v) is 12.3. The highest BCUT2D eigenvalue weighted by molar-refractivity contribution is 5.74. The summed E-state index contributed by atoms with van der Waals surface area (Å²) in [6.07, 6.45) is 12.0. The van der Waals surface area contributed by atoms with Crippen molar-refractivity contribution in [2.24, 2.45) is 0 Å². The molecule has 0 heterocycles. The van der Waals surface area contributed by atoms with E-state index in [4.69, 9.17) is 0 Å². The zero-order chi connectivity index (χ0) is 26.1. The van der Waals surface area contributed by atoms with Crippen LogP contribution in [0.4, 0.5) is 5.69 Å². The van der Waals surface area contributed by atoms with Gasteiger partial charge < -0.3 is 4.90 Å². The van der Waals surface area contributed by atoms with E-state index in [1.807, 2.05) is 43.4 Å². The molecule has 1 heteroatoms. The Hall–Kier alpha value is -4.10. The van der Waals surface area contributed by atoms with Crippen molar-refractivity contribution in [3.8, 4) is 0 Å². The zero-order valence-electron chi connectivity index (χ0n) is 22.0. The molecule has 0 atom stereocenters. The maximum atomic E-state index is 4.38. The molecule has 3 rings (SSSR count). The molecule has 0 spiro atoms. The summed E-state index contributed by atoms with van der Waals surface area (Å²) < 4.78 is 0. The molecule has 3 aromatic rings. The lowest BCUT2D eigenvalue weighted by atomic mass is 9.77. The number of allylic oxidation sites excluding steroid dienone is 7. The summed E-state index contributed by atoms with van der Waals surface area (Å²) in [7, 11) is 0. The van der Waals surface area contributed by atoms with Gasteiger partial charge in [0.05, 0.1) is 0 Å². The van der Waals surface area contributed by atoms with E-state index in [0.29, 0.717) is 0 Å². The first-order chi connectivity index (χ1) is 17.3. The molecule has 0 amide bonds. The van der Waals surface area contributed by atoms with Gasteiger partial charge in [0.1, 0.15) is 0 Å². The molecular weight excluding hydrogens is 434 g/mol. The van der Waals surface area contributed by atoms with Gasteiger partial charge in [-0.1, -0.05) is 124 Å². The number of hydrogen-bond donors (Lipinski definition) is 0. The fraction of sp³-hybridized carbons (Fsp3) is 0.143. The van der Waals surface area contributed by atoms with E-state index < -0.39 is 0 Å². The van der Waals surface area contributed by atoms with E-state index in [0.717, 1.165) is 28.2 Å². The smallest absolute Gasteiger partial charge is 0.0461 e. The molecule has 0 aliphatic carbocycles. The molecule has 0 aromatic heterocycles. The van der Waals surface area contributed by atoms with E-state index in [2.05, 4.69) is 124 Å². The standard InChI is InChI=1S/C35H37N/c1-8-10-19-33(9-2)36(34-24-20-27(3)21-25-34)29(5)23-22-28(4)30-15-14-18-32(26-30)35(6,7)31-16-12-11-13-17-31/h8-26H,2,4-5H2,1,3,6-7H3/b10-8+,23-22-,33-19+. The van der Waals surface area contributed by atoms with Gasteiger partial charge in [0.25, 0.3) is 0 Å². The molecule has 0 unspecified atom stereocenters. The number of rotatable bonds is 10. The van der Waals surface area contributed by atoms with Crippen molar-refractivity contribution in [3.63, 3.8) is 0 Å². The van der Waals surface area contributed by atoms with Crippen LogP contribution in [0.15, 0.2) is 146 Å². The van der Waals surface area contributed by atoms with E-state index in [9.17, 15) is 0 Å². The van der Waals surface area contributed by atoms with Crippen LogP contribution in [0.2, 0.25) is 0 Å². The number of anilines is 1. The van der Waals surface area contributed by atoms with Crippen molar-refractivity contribution in [1.29, 1.82) is 0 Å². The fourth-order valence-corrected chi connectivity index (χ4v) is 4.10. The SMILES string of the molecule is C=C/C(=C\C=C\C)N(C(=C)/C=C\C(=C)c1cccc(C(C)(C)c2ccccc2)c1)c1ccc(C)cc1. The number of nitrogens with zero attached hydrogens (tertiary/aromatic N) is 1. The van der Waals surface area contributed by atoms with Gasteiger partial charge in [-0.25, -0.2) is 0 Å². The van der Waals surface area contributed by atoms with E-state index in [1.165, 1.54) is 16.7 Å². The predicted molar refractivity (Wildman–Crippen MR) is 159 cm³/mol. The van der Waals surface area contributed by atoms with Crippen LogP contribution in [0.1, 0.15) is 43.0 Å². The average molecular weight is 472 g/mol. The van der Waals surface area contributed by atoms with Crippen LogP contribution in [0, 0.1) is 6.92 Å². The van der Waals surface area contributed by atoms with Crippen molar-refractivity contribution in [1.82, 2.24) is 0 Å². The molecule has 0 fully saturated rings. The Balaban J connectivity index is 1.90. The lowest BCUT2D eigenvalue weighted by molar-refractivity contribution is 0.640. The van der Waals surface area contributed by atoms with Crippen LogP contribution >= 0.6 is 0 Å². The molecule has 0 aliphatic heterocycles. The van der Waals surface area contributed by atoms with Crippen molar-refractivity contribution in [2.45, 2.75) is 33.1 Å². The van der Waals surface area contributed by atoms with Gasteiger partial charge in [-0.15, -0.1) is 0 Å². The monoisotopic (exact) mass is 471 g/mol. The average Bonchev–Trinajstić information content (AvgIpc) is 2.90. The van der Waals surface area contributed by atoms with Crippen LogP contribution in [0.5, 0.6) is 0 Å². The molecular formula is C35H37N. The van der Waals surface area contributed by atoms with Crippen LogP contribution in [-0.4, -0.2) is 0 Å². The van der Waals surface area contributed by atoms with Gasteiger partial charge in [0.15, 0.2) is 0 Å². The van der Waals surface area contributed by atoms with Crippen LogP contribution in [-0.2, 0) is 5.41 Å². The Morgan fingerprint density at radius 2 is 1.50 bits per heavy atom. The number of aryl methyl sites for hydroxylation is 1. The van der Waals surface area contributed by atoms with E-state index in [1.54, 1.807) is 0 Å². The van der Waals surface area contributed by atoms with Crippen LogP contribution in [0.3, 0.4) is 0 Å². The molecule has 0 saturated carbocycles. The molecule has 0 aliphatic rings. The van der Waals surface area contributed by atoms with Gasteiger partial charge in [-0.05, 0) is 66.5 Å². The van der Waals surface area contributed by atoms with E-state index in [-0.39, 0.29) is 5.41 Å². The number of benzene rings is 3. The maximum absolute atomic E-state index is 4.38. The second-order valence-corrected chi connectivity index (χ2v) is 9.41. The quantitative estimate of drug-likeness (QED) is 0.266. The largest absolute Gasteiger partial charge is 0.311 e. The molecule has 182 valence electrons. The molecule has 3 aromatic carbocycles. The third-order valence-corrected chi connectivity index (χ3v) is 6.43. The Bertz CT molecular complexity index is 1300. The zero-order valence-corrected chi connectivity index (χ0v) is 22.0. The first-order valence-electron chi connectivity index (χ1n) is 12.3. The summed E-state index contributed by atoms with van der Waals surface area (Å²) in [4.78, 5) is 2.10. The number of hydrogen-bond acceptors (Lipinski definition) is 1. The van der Waals surface area contributed by atoms with Crippen LogP contribution < -0.4 is 4.90 Å². The van der Waals surface area contributed by atoms with Gasteiger partial charge in [-0.2, -0.15) is 0 Å². The highest BCUT2D eigenvalue weighted by Crippen LogP contribution is 2.33. The Morgan fingerprint density at radius 1 is 0.833 bits per heavy atom. The third-order valence-electron chi connectivity index (χ3n) is 6.43. The summed E-state index contributed by atoms with van der Waals surface area (Å²) in [5, 5.41) is 0. The Kier molecular flexibility index (Phi) is 8.86. The van der Waals surface area contributed by atoms with Crippen molar-refractivity contribution in [3.05, 3.63) is 169 Å². The fourth-order valence-electron chi connectivity index (χ4n) is 4.10. The maximum Gasteiger partial charge on any atom is 0.0461 e. The molecule has 36 heavy (non-hydrogen) atoms. The summed E-state index contributed by atoms with van der Waals surface area (Å²) in [6, 6.07) is 27.7. The molecule has 0 radical (unpaired) electrons. The topological polar surface area (TPSA) is 3.24 Å². The summed E-state index contributed by atoms with van der Waals surface area (Å²) in [6.45, 7) is 21.4. The summed E-state index contributed by atoms with van der Waals surface area (Å²) in [5.74, 6) is 0. The van der Waals surface area contributed by atoms with Crippen molar-refractivity contribution in [2.75, 3.05) is 4.90 Å². The Labute approximate surface area is 217 Å². The first kappa shape index (κ1) is 26.5. The lowest BCUT2D eigenvalue weighted by Gasteiger charge is -2.27. The minimum absolute atomic E-state index is 0.108. The highest BCUT2D eigenvalue weighted by Gasteiger charge is 2.23. The Morgan fingerprint density at radius 3 is 2.14 bits per heavy atom. The molecule has 0 bridgehead atoms. The summed E-state index contributed by atoms with van der Waals surface area (Å²) >= 11 is 0. The minimum Gasteiger partial charge on any atom is -0.311 e. The second kappa shape index (κ2) is 12.0. The lowest BCUT2D eigenvalue weighted by Crippen LogP contribution is -2.19. The van der Waals surface area contributed by atoms with Crippen LogP contribution in [0.25, 0.3) is 5.57 Å². The van der Waals surface area contributed by atoms with Gasteiger partial charge in [-0.3, -0.25) is 0 Å². The highest BCUT2D eigenvalue weighted by atomic mass is 15.1. The molecule has 0 N–H and O–H groups in total. The summed E-state index contributed by atoms with van der Waals surface area (Å²) in [5.41, 5.74) is 8.48. The van der Waals surface area contributed by atoms with E-state index >= 15 is 0 Å². The van der Waals surface area contributed by atoms with Crippen molar-refractivity contribution < 1.29 is 0 Å². The minimum atomic E-state index is -0.108. The second-order valence-electron chi connectivity index (χ2n) is 9.41. The molecule has 1 nitrogen and oxygen atoms in total. The predicted octanol–water partition coefficient (Wildman–Crippen LogP) is 9.56. The normalized spacial score (nSPS) is 12.2. The molecule has 0 saturated heterocycles. The van der Waals surface area contributed by atoms with Gasteiger partial charge in [0.2, 0.25) is 0 Å². The van der Waals surface area contributed by atoms with Gasteiger partial charge in [0, 0.05) is 22.5 Å². The third kappa shape index (κ3) is 6.31. The van der Waals surface area contributed by atoms with Crippen molar-refractivity contribution >= 4 is 11.3 Å². The van der Waals surface area contributed by atoms with Gasteiger partial charge >= 0.3 is 0 Å².